The van der Waals surface area contributed by atoms with Gasteiger partial charge in [0.25, 0.3) is 5.91 Å². The van der Waals surface area contributed by atoms with E-state index in [1.54, 1.807) is 17.4 Å². The molecule has 1 saturated heterocycles. The summed E-state index contributed by atoms with van der Waals surface area (Å²) >= 11 is 14.1. The number of halogens is 2. The lowest BCUT2D eigenvalue weighted by Gasteiger charge is -2.31. The molecule has 4 aromatic rings. The number of fused-ring (bicyclic) bond motifs is 1. The standard InChI is InChI=1S/C24H21Cl2N3OS/c25-19-5-6-20(26)18(13-19)15-29-12-9-27-23(29)16-7-10-28(11-8-16)24(30)22-14-17-3-1-2-4-21(17)31-22/h1-6,9,12-14,16H,7-8,10-11,15H2. The second-order valence-corrected chi connectivity index (χ2v) is 9.79. The number of carbonyl (C=O) groups excluding carboxylic acids is 1. The quantitative estimate of drug-likeness (QED) is 0.343. The smallest absolute Gasteiger partial charge is 0.263 e. The number of rotatable bonds is 4. The predicted octanol–water partition coefficient (Wildman–Crippen LogP) is 6.47. The zero-order valence-corrected chi connectivity index (χ0v) is 19.1. The molecule has 1 aliphatic rings. The number of aromatic nitrogens is 2. The second-order valence-electron chi connectivity index (χ2n) is 7.86. The van der Waals surface area contributed by atoms with Gasteiger partial charge in [0.1, 0.15) is 5.82 Å². The first-order valence-corrected chi connectivity index (χ1v) is 11.9. The van der Waals surface area contributed by atoms with Crippen LogP contribution in [0.5, 0.6) is 0 Å². The van der Waals surface area contributed by atoms with E-state index < -0.39 is 0 Å². The van der Waals surface area contributed by atoms with Gasteiger partial charge in [-0.05, 0) is 54.1 Å². The Bertz CT molecular complexity index is 1210. The van der Waals surface area contributed by atoms with E-state index in [4.69, 9.17) is 23.2 Å². The van der Waals surface area contributed by atoms with Gasteiger partial charge in [-0.25, -0.2) is 4.98 Å². The molecule has 2 aromatic carbocycles. The summed E-state index contributed by atoms with van der Waals surface area (Å²) in [5.74, 6) is 1.50. The van der Waals surface area contributed by atoms with Crippen molar-refractivity contribution >= 4 is 50.5 Å². The topological polar surface area (TPSA) is 38.1 Å². The molecule has 0 N–H and O–H groups in total. The van der Waals surface area contributed by atoms with E-state index in [1.807, 2.05) is 47.6 Å². The fourth-order valence-electron chi connectivity index (χ4n) is 4.25. The average Bonchev–Trinajstić information content (AvgIpc) is 3.43. The summed E-state index contributed by atoms with van der Waals surface area (Å²) in [5, 5.41) is 2.51. The van der Waals surface area contributed by atoms with Gasteiger partial charge < -0.3 is 9.47 Å². The van der Waals surface area contributed by atoms with Crippen LogP contribution in [0, 0.1) is 0 Å². The molecule has 31 heavy (non-hydrogen) atoms. The monoisotopic (exact) mass is 469 g/mol. The highest BCUT2D eigenvalue weighted by Crippen LogP contribution is 2.31. The lowest BCUT2D eigenvalue weighted by molar-refractivity contribution is 0.0715. The van der Waals surface area contributed by atoms with Gasteiger partial charge in [0, 0.05) is 46.1 Å². The maximum absolute atomic E-state index is 13.0. The number of imidazole rings is 1. The minimum absolute atomic E-state index is 0.133. The highest BCUT2D eigenvalue weighted by atomic mass is 35.5. The van der Waals surface area contributed by atoms with Crippen LogP contribution in [0.3, 0.4) is 0 Å². The van der Waals surface area contributed by atoms with Gasteiger partial charge >= 0.3 is 0 Å². The molecular weight excluding hydrogens is 449 g/mol. The van der Waals surface area contributed by atoms with E-state index in [0.29, 0.717) is 22.5 Å². The fraction of sp³-hybridized carbons (Fsp3) is 0.250. The first-order valence-electron chi connectivity index (χ1n) is 10.3. The van der Waals surface area contributed by atoms with Gasteiger partial charge in [-0.15, -0.1) is 11.3 Å². The molecule has 7 heteroatoms. The Kier molecular flexibility index (Phi) is 5.74. The molecular formula is C24H21Cl2N3OS. The van der Waals surface area contributed by atoms with Crippen molar-refractivity contribution in [3.8, 4) is 0 Å². The van der Waals surface area contributed by atoms with Crippen molar-refractivity contribution in [1.82, 2.24) is 14.5 Å². The molecule has 2 aromatic heterocycles. The van der Waals surface area contributed by atoms with Gasteiger partial charge in [-0.3, -0.25) is 4.79 Å². The SMILES string of the molecule is O=C(c1cc2ccccc2s1)N1CCC(c2nccn2Cc2cc(Cl)ccc2Cl)CC1. The number of hydrogen-bond donors (Lipinski definition) is 0. The Labute approximate surface area is 195 Å². The van der Waals surface area contributed by atoms with Crippen LogP contribution in [0.2, 0.25) is 10.0 Å². The molecule has 4 nitrogen and oxygen atoms in total. The van der Waals surface area contributed by atoms with Crippen molar-refractivity contribution in [3.63, 3.8) is 0 Å². The molecule has 0 aliphatic carbocycles. The van der Waals surface area contributed by atoms with Gasteiger partial charge in [-0.1, -0.05) is 41.4 Å². The summed E-state index contributed by atoms with van der Waals surface area (Å²) in [6, 6.07) is 15.7. The molecule has 0 spiro atoms. The summed E-state index contributed by atoms with van der Waals surface area (Å²) in [6.07, 6.45) is 5.62. The third kappa shape index (κ3) is 4.22. The highest BCUT2D eigenvalue weighted by molar-refractivity contribution is 7.20. The van der Waals surface area contributed by atoms with Crippen LogP contribution >= 0.6 is 34.5 Å². The molecule has 0 unspecified atom stereocenters. The largest absolute Gasteiger partial charge is 0.338 e. The minimum Gasteiger partial charge on any atom is -0.338 e. The molecule has 0 atom stereocenters. The molecule has 1 aliphatic heterocycles. The molecule has 0 radical (unpaired) electrons. The maximum atomic E-state index is 13.0. The van der Waals surface area contributed by atoms with Crippen molar-refractivity contribution < 1.29 is 4.79 Å². The molecule has 5 rings (SSSR count). The number of amides is 1. The molecule has 1 amide bonds. The second kappa shape index (κ2) is 8.65. The molecule has 158 valence electrons. The van der Waals surface area contributed by atoms with Gasteiger partial charge in [0.15, 0.2) is 0 Å². The Balaban J connectivity index is 1.27. The van der Waals surface area contributed by atoms with E-state index in [-0.39, 0.29) is 5.91 Å². The number of carbonyl (C=O) groups is 1. The summed E-state index contributed by atoms with van der Waals surface area (Å²) in [4.78, 5) is 20.4. The zero-order valence-electron chi connectivity index (χ0n) is 16.8. The van der Waals surface area contributed by atoms with Gasteiger partial charge in [0.05, 0.1) is 11.4 Å². The minimum atomic E-state index is 0.133. The summed E-state index contributed by atoms with van der Waals surface area (Å²) in [7, 11) is 0. The van der Waals surface area contributed by atoms with E-state index in [9.17, 15) is 4.79 Å². The molecule has 1 fully saturated rings. The average molecular weight is 470 g/mol. The van der Waals surface area contributed by atoms with Gasteiger partial charge in [0.2, 0.25) is 0 Å². The Morgan fingerprint density at radius 2 is 1.90 bits per heavy atom. The summed E-state index contributed by atoms with van der Waals surface area (Å²) < 4.78 is 3.30. The molecule has 0 saturated carbocycles. The van der Waals surface area contributed by atoms with E-state index in [1.165, 1.54) is 0 Å². The lowest BCUT2D eigenvalue weighted by Crippen LogP contribution is -2.38. The number of hydrogen-bond acceptors (Lipinski definition) is 3. The normalized spacial score (nSPS) is 15.0. The van der Waals surface area contributed by atoms with E-state index in [0.717, 1.165) is 52.3 Å². The van der Waals surface area contributed by atoms with Crippen LogP contribution in [0.1, 0.15) is 39.8 Å². The number of likely N-dealkylation sites (tertiary alicyclic amines) is 1. The predicted molar refractivity (Wildman–Crippen MR) is 127 cm³/mol. The van der Waals surface area contributed by atoms with E-state index in [2.05, 4.69) is 21.7 Å². The third-order valence-corrected chi connectivity index (χ3v) is 7.59. The van der Waals surface area contributed by atoms with Crippen molar-refractivity contribution in [3.05, 3.63) is 87.2 Å². The molecule has 3 heterocycles. The highest BCUT2D eigenvalue weighted by Gasteiger charge is 2.28. The Morgan fingerprint density at radius 3 is 2.71 bits per heavy atom. The third-order valence-electron chi connectivity index (χ3n) is 5.88. The Hall–Kier alpha value is -2.34. The summed E-state index contributed by atoms with van der Waals surface area (Å²) in [6.45, 7) is 2.11. The maximum Gasteiger partial charge on any atom is 0.263 e. The van der Waals surface area contributed by atoms with Crippen molar-refractivity contribution in [2.75, 3.05) is 13.1 Å². The van der Waals surface area contributed by atoms with Crippen LogP contribution in [-0.4, -0.2) is 33.4 Å². The van der Waals surface area contributed by atoms with Crippen LogP contribution in [0.25, 0.3) is 10.1 Å². The van der Waals surface area contributed by atoms with Crippen molar-refractivity contribution in [2.45, 2.75) is 25.3 Å². The van der Waals surface area contributed by atoms with Crippen molar-refractivity contribution in [2.24, 2.45) is 0 Å². The van der Waals surface area contributed by atoms with Crippen LogP contribution in [-0.2, 0) is 6.54 Å². The van der Waals surface area contributed by atoms with Crippen molar-refractivity contribution in [1.29, 1.82) is 0 Å². The molecule has 0 bridgehead atoms. The van der Waals surface area contributed by atoms with Gasteiger partial charge in [-0.2, -0.15) is 0 Å². The number of nitrogens with zero attached hydrogens (tertiary/aromatic N) is 3. The number of thiophene rings is 1. The number of benzene rings is 2. The Morgan fingerprint density at radius 1 is 1.10 bits per heavy atom. The zero-order chi connectivity index (χ0) is 21.4. The lowest BCUT2D eigenvalue weighted by atomic mass is 9.95. The number of piperidine rings is 1. The van der Waals surface area contributed by atoms with Crippen LogP contribution in [0.15, 0.2) is 60.9 Å². The van der Waals surface area contributed by atoms with Crippen LogP contribution in [0.4, 0.5) is 0 Å². The fourth-order valence-corrected chi connectivity index (χ4v) is 5.65. The first kappa shape index (κ1) is 20.6. The van der Waals surface area contributed by atoms with E-state index >= 15 is 0 Å². The first-order chi connectivity index (χ1) is 15.1. The summed E-state index contributed by atoms with van der Waals surface area (Å²) in [5.41, 5.74) is 0.978. The van der Waals surface area contributed by atoms with Crippen LogP contribution < -0.4 is 0 Å².